The third-order valence-corrected chi connectivity index (χ3v) is 4.27. The lowest BCUT2D eigenvalue weighted by Crippen LogP contribution is -2.32. The molecule has 0 aliphatic carbocycles. The van der Waals surface area contributed by atoms with Crippen LogP contribution in [0.2, 0.25) is 5.02 Å². The summed E-state index contributed by atoms with van der Waals surface area (Å²) in [6.45, 7) is 5.60. The van der Waals surface area contributed by atoms with Crippen LogP contribution in [0.25, 0.3) is 0 Å². The van der Waals surface area contributed by atoms with E-state index in [9.17, 15) is 9.59 Å². The number of ether oxygens (including phenoxy) is 2. The Kier molecular flexibility index (Phi) is 7.52. The number of hydrogen-bond donors (Lipinski definition) is 3. The lowest BCUT2D eigenvalue weighted by atomic mass is 10.1. The molecule has 2 amide bonds. The maximum absolute atomic E-state index is 12.6. The van der Waals surface area contributed by atoms with Crippen molar-refractivity contribution in [3.05, 3.63) is 47.0 Å². The molecule has 0 fully saturated rings. The van der Waals surface area contributed by atoms with Crippen LogP contribution in [-0.2, 0) is 9.53 Å². The van der Waals surface area contributed by atoms with Gasteiger partial charge in [0.1, 0.15) is 11.8 Å². The predicted octanol–water partition coefficient (Wildman–Crippen LogP) is 4.66. The molecule has 2 aromatic carbocycles. The Balaban J connectivity index is 2.10. The summed E-state index contributed by atoms with van der Waals surface area (Å²) in [5.74, 6) is 0.255. The molecule has 0 aliphatic rings. The number of anilines is 3. The highest BCUT2D eigenvalue weighted by atomic mass is 35.5. The summed E-state index contributed by atoms with van der Waals surface area (Å²) in [5, 5.41) is 9.13. The minimum Gasteiger partial charge on any atom is -0.495 e. The second-order valence-corrected chi connectivity index (χ2v) is 6.46. The van der Waals surface area contributed by atoms with Crippen molar-refractivity contribution in [1.29, 1.82) is 0 Å². The zero-order valence-electron chi connectivity index (χ0n) is 16.3. The van der Waals surface area contributed by atoms with Crippen LogP contribution in [-0.4, -0.2) is 31.8 Å². The predicted molar refractivity (Wildman–Crippen MR) is 112 cm³/mol. The fourth-order valence-electron chi connectivity index (χ4n) is 2.52. The van der Waals surface area contributed by atoms with Crippen molar-refractivity contribution in [3.8, 4) is 5.75 Å². The monoisotopic (exact) mass is 405 g/mol. The topological polar surface area (TPSA) is 88.7 Å². The van der Waals surface area contributed by atoms with Crippen LogP contribution in [0.1, 0.15) is 19.4 Å². The number of carbonyl (C=O) groups is 2. The minimum absolute atomic E-state index is 0.260. The first kappa shape index (κ1) is 21.4. The van der Waals surface area contributed by atoms with Crippen molar-refractivity contribution in [2.75, 3.05) is 29.7 Å². The zero-order chi connectivity index (χ0) is 20.7. The van der Waals surface area contributed by atoms with Crippen LogP contribution in [0, 0.1) is 6.92 Å². The quantitative estimate of drug-likeness (QED) is 0.623. The van der Waals surface area contributed by atoms with E-state index in [4.69, 9.17) is 21.1 Å². The zero-order valence-corrected chi connectivity index (χ0v) is 17.0. The van der Waals surface area contributed by atoms with Crippen LogP contribution in [0.5, 0.6) is 5.75 Å². The van der Waals surface area contributed by atoms with Crippen LogP contribution in [0.3, 0.4) is 0 Å². The average Bonchev–Trinajstić information content (AvgIpc) is 2.65. The van der Waals surface area contributed by atoms with Gasteiger partial charge in [-0.1, -0.05) is 17.7 Å². The van der Waals surface area contributed by atoms with Crippen LogP contribution in [0.4, 0.5) is 21.9 Å². The van der Waals surface area contributed by atoms with Gasteiger partial charge in [-0.3, -0.25) is 10.1 Å². The molecule has 1 unspecified atom stereocenters. The molecule has 2 aromatic rings. The van der Waals surface area contributed by atoms with Crippen molar-refractivity contribution < 1.29 is 19.1 Å². The largest absolute Gasteiger partial charge is 0.495 e. The van der Waals surface area contributed by atoms with Gasteiger partial charge in [0.05, 0.1) is 19.4 Å². The van der Waals surface area contributed by atoms with Crippen LogP contribution in [0.15, 0.2) is 36.4 Å². The van der Waals surface area contributed by atoms with Gasteiger partial charge in [-0.2, -0.15) is 0 Å². The molecule has 150 valence electrons. The summed E-state index contributed by atoms with van der Waals surface area (Å²) >= 11 is 6.00. The molecule has 1 atom stereocenters. The van der Waals surface area contributed by atoms with Crippen molar-refractivity contribution in [3.63, 3.8) is 0 Å². The molecule has 0 heterocycles. The van der Waals surface area contributed by atoms with Crippen LogP contribution >= 0.6 is 11.6 Å². The molecular weight excluding hydrogens is 382 g/mol. The number of methoxy groups -OCH3 is 1. The Hall–Kier alpha value is -2.93. The van der Waals surface area contributed by atoms with Gasteiger partial charge >= 0.3 is 6.09 Å². The van der Waals surface area contributed by atoms with Gasteiger partial charge in [-0.15, -0.1) is 0 Å². The Labute approximate surface area is 169 Å². The molecule has 0 spiro atoms. The summed E-state index contributed by atoms with van der Waals surface area (Å²) in [6, 6.07) is 9.81. The molecule has 0 bridgehead atoms. The third kappa shape index (κ3) is 5.53. The first-order valence-corrected chi connectivity index (χ1v) is 9.17. The number of rotatable bonds is 7. The van der Waals surface area contributed by atoms with E-state index in [1.807, 2.05) is 13.0 Å². The fraction of sp³-hybridized carbons (Fsp3) is 0.300. The highest BCUT2D eigenvalue weighted by Crippen LogP contribution is 2.28. The third-order valence-electron chi connectivity index (χ3n) is 4.03. The van der Waals surface area contributed by atoms with E-state index in [1.165, 1.54) is 7.11 Å². The van der Waals surface area contributed by atoms with E-state index in [0.29, 0.717) is 22.1 Å². The van der Waals surface area contributed by atoms with Gasteiger partial charge in [0.15, 0.2) is 0 Å². The van der Waals surface area contributed by atoms with E-state index in [2.05, 4.69) is 16.0 Å². The van der Waals surface area contributed by atoms with Gasteiger partial charge < -0.3 is 20.1 Å². The smallest absolute Gasteiger partial charge is 0.411 e. The molecule has 0 radical (unpaired) electrons. The van der Waals surface area contributed by atoms with Gasteiger partial charge in [0.2, 0.25) is 5.91 Å². The van der Waals surface area contributed by atoms with E-state index in [0.717, 1.165) is 11.3 Å². The molecular formula is C20H24ClN3O4. The first-order valence-electron chi connectivity index (χ1n) is 8.80. The number of hydrogen-bond acceptors (Lipinski definition) is 5. The lowest BCUT2D eigenvalue weighted by Gasteiger charge is -2.19. The second-order valence-electron chi connectivity index (χ2n) is 6.02. The number of amides is 2. The summed E-state index contributed by atoms with van der Waals surface area (Å²) in [6.07, 6.45) is -0.526. The summed E-state index contributed by atoms with van der Waals surface area (Å²) in [5.41, 5.74) is 2.60. The minimum atomic E-state index is -0.555. The molecule has 8 heteroatoms. The molecule has 7 nitrogen and oxygen atoms in total. The molecule has 0 saturated carbocycles. The average molecular weight is 406 g/mol. The molecule has 0 saturated heterocycles. The fourth-order valence-corrected chi connectivity index (χ4v) is 2.69. The normalized spacial score (nSPS) is 11.3. The van der Waals surface area contributed by atoms with Gasteiger partial charge in [-0.05, 0) is 56.7 Å². The maximum atomic E-state index is 12.6. The molecule has 0 aliphatic heterocycles. The molecule has 28 heavy (non-hydrogen) atoms. The van der Waals surface area contributed by atoms with Gasteiger partial charge in [-0.25, -0.2) is 4.79 Å². The maximum Gasteiger partial charge on any atom is 0.411 e. The van der Waals surface area contributed by atoms with Gasteiger partial charge in [0, 0.05) is 16.4 Å². The molecule has 0 aromatic heterocycles. The van der Waals surface area contributed by atoms with Crippen LogP contribution < -0.4 is 20.7 Å². The van der Waals surface area contributed by atoms with Crippen molar-refractivity contribution in [2.45, 2.75) is 26.8 Å². The standard InChI is InChI=1S/C20H24ClN3O4/c1-5-28-20(26)24-16-8-6-7-15(12(16)2)22-13(3)19(25)23-17-11-14(21)9-10-18(17)27-4/h6-11,13,22H,5H2,1-4H3,(H,23,25)(H,24,26). The first-order chi connectivity index (χ1) is 13.3. The van der Waals surface area contributed by atoms with Crippen molar-refractivity contribution >= 4 is 40.7 Å². The summed E-state index contributed by atoms with van der Waals surface area (Å²) < 4.78 is 10.1. The van der Waals surface area contributed by atoms with E-state index < -0.39 is 12.1 Å². The van der Waals surface area contributed by atoms with E-state index in [-0.39, 0.29) is 12.5 Å². The van der Waals surface area contributed by atoms with E-state index >= 15 is 0 Å². The molecule has 2 rings (SSSR count). The van der Waals surface area contributed by atoms with Crippen molar-refractivity contribution in [1.82, 2.24) is 0 Å². The Morgan fingerprint density at radius 2 is 1.82 bits per heavy atom. The van der Waals surface area contributed by atoms with E-state index in [1.54, 1.807) is 44.2 Å². The van der Waals surface area contributed by atoms with Gasteiger partial charge in [0.25, 0.3) is 0 Å². The Morgan fingerprint density at radius 3 is 2.50 bits per heavy atom. The Bertz CT molecular complexity index is 857. The number of nitrogens with one attached hydrogen (secondary N) is 3. The highest BCUT2D eigenvalue weighted by molar-refractivity contribution is 6.31. The second kappa shape index (κ2) is 9.85. The lowest BCUT2D eigenvalue weighted by molar-refractivity contribution is -0.116. The molecule has 3 N–H and O–H groups in total. The number of halogens is 1. The SMILES string of the molecule is CCOC(=O)Nc1cccc(NC(C)C(=O)Nc2cc(Cl)ccc2OC)c1C. The Morgan fingerprint density at radius 1 is 1.11 bits per heavy atom. The van der Waals surface area contributed by atoms with Crippen molar-refractivity contribution in [2.24, 2.45) is 0 Å². The number of carbonyl (C=O) groups excluding carboxylic acids is 2. The number of benzene rings is 2. The summed E-state index contributed by atoms with van der Waals surface area (Å²) in [7, 11) is 1.52. The summed E-state index contributed by atoms with van der Waals surface area (Å²) in [4.78, 5) is 24.3. The highest BCUT2D eigenvalue weighted by Gasteiger charge is 2.17.